The van der Waals surface area contributed by atoms with E-state index in [0.29, 0.717) is 11.1 Å². The summed E-state index contributed by atoms with van der Waals surface area (Å²) < 4.78 is 6.20. The lowest BCUT2D eigenvalue weighted by atomic mass is 9.82. The quantitative estimate of drug-likeness (QED) is 0.853. The Hall–Kier alpha value is -1.09. The monoisotopic (exact) mass is 277 g/mol. The minimum atomic E-state index is 0.319. The summed E-state index contributed by atoms with van der Waals surface area (Å²) in [5.41, 5.74) is 7.71. The summed E-state index contributed by atoms with van der Waals surface area (Å²) in [6.07, 6.45) is 3.91. The summed E-state index contributed by atoms with van der Waals surface area (Å²) in [6.45, 7) is 6.68. The van der Waals surface area contributed by atoms with Crippen molar-refractivity contribution >= 4 is 17.2 Å². The molecule has 0 amide bonds. The molecule has 1 fully saturated rings. The first kappa shape index (κ1) is 14.3. The van der Waals surface area contributed by atoms with Crippen LogP contribution >= 0.6 is 12.2 Å². The second-order valence-electron chi connectivity index (χ2n) is 6.00. The lowest BCUT2D eigenvalue weighted by Crippen LogP contribution is -2.28. The van der Waals surface area contributed by atoms with Gasteiger partial charge in [0.15, 0.2) is 0 Å². The molecule has 2 nitrogen and oxygen atoms in total. The van der Waals surface area contributed by atoms with Crippen molar-refractivity contribution in [2.24, 2.45) is 17.6 Å². The molecule has 0 radical (unpaired) electrons. The van der Waals surface area contributed by atoms with E-state index in [2.05, 4.69) is 20.8 Å². The molecular formula is C16H23NOS. The number of ether oxygens (including phenoxy) is 1. The van der Waals surface area contributed by atoms with E-state index in [-0.39, 0.29) is 0 Å². The Labute approximate surface area is 121 Å². The fraction of sp³-hybridized carbons (Fsp3) is 0.562. The molecule has 1 aromatic rings. The molecule has 2 rings (SSSR count). The van der Waals surface area contributed by atoms with E-state index in [9.17, 15) is 0 Å². The molecule has 1 aliphatic carbocycles. The number of benzene rings is 1. The third-order valence-electron chi connectivity index (χ3n) is 3.90. The summed E-state index contributed by atoms with van der Waals surface area (Å²) >= 11 is 5.03. The molecule has 1 aromatic carbocycles. The second-order valence-corrected chi connectivity index (χ2v) is 6.44. The van der Waals surface area contributed by atoms with Crippen molar-refractivity contribution in [3.8, 4) is 5.75 Å². The first-order valence-corrected chi connectivity index (χ1v) is 7.43. The molecule has 3 heteroatoms. The molecule has 0 bridgehead atoms. The van der Waals surface area contributed by atoms with Gasteiger partial charge in [0.25, 0.3) is 0 Å². The summed E-state index contributed by atoms with van der Waals surface area (Å²) in [6, 6.07) is 5.96. The van der Waals surface area contributed by atoms with Crippen LogP contribution < -0.4 is 10.5 Å². The molecule has 2 atom stereocenters. The Morgan fingerprint density at radius 1 is 1.21 bits per heavy atom. The summed E-state index contributed by atoms with van der Waals surface area (Å²) in [7, 11) is 0. The molecule has 2 N–H and O–H groups in total. The number of nitrogens with two attached hydrogens (primary N) is 1. The predicted octanol–water partition coefficient (Wildman–Crippen LogP) is 3.83. The van der Waals surface area contributed by atoms with Crippen LogP contribution in [0.15, 0.2) is 18.2 Å². The summed E-state index contributed by atoms with van der Waals surface area (Å²) in [5, 5.41) is 0. The predicted molar refractivity (Wildman–Crippen MR) is 83.7 cm³/mol. The van der Waals surface area contributed by atoms with Gasteiger partial charge in [-0.1, -0.05) is 38.2 Å². The Balaban J connectivity index is 2.13. The van der Waals surface area contributed by atoms with Gasteiger partial charge in [-0.2, -0.15) is 0 Å². The molecule has 0 aromatic heterocycles. The second kappa shape index (κ2) is 5.91. The summed E-state index contributed by atoms with van der Waals surface area (Å²) in [4.78, 5) is 0.426. The third kappa shape index (κ3) is 3.69. The van der Waals surface area contributed by atoms with E-state index in [1.54, 1.807) is 0 Å². The minimum Gasteiger partial charge on any atom is -0.490 e. The number of rotatable bonds is 3. The average molecular weight is 277 g/mol. The highest BCUT2D eigenvalue weighted by Gasteiger charge is 2.25. The SMILES string of the molecule is Cc1ccc(C(N)=S)cc1OC1CC(C)CC(C)C1. The van der Waals surface area contributed by atoms with Crippen LogP contribution in [0.1, 0.15) is 44.2 Å². The lowest BCUT2D eigenvalue weighted by Gasteiger charge is -2.32. The zero-order valence-electron chi connectivity index (χ0n) is 12.0. The summed E-state index contributed by atoms with van der Waals surface area (Å²) in [5.74, 6) is 2.41. The molecule has 2 unspecified atom stereocenters. The third-order valence-corrected chi connectivity index (χ3v) is 4.14. The van der Waals surface area contributed by atoms with Crippen molar-refractivity contribution in [2.75, 3.05) is 0 Å². The highest BCUT2D eigenvalue weighted by Crippen LogP contribution is 2.32. The molecule has 0 saturated heterocycles. The maximum Gasteiger partial charge on any atom is 0.123 e. The fourth-order valence-corrected chi connectivity index (χ4v) is 3.16. The largest absolute Gasteiger partial charge is 0.490 e. The van der Waals surface area contributed by atoms with Gasteiger partial charge in [-0.05, 0) is 49.7 Å². The Morgan fingerprint density at radius 3 is 2.42 bits per heavy atom. The normalized spacial score (nSPS) is 27.0. The van der Waals surface area contributed by atoms with Crippen molar-refractivity contribution < 1.29 is 4.74 Å². The van der Waals surface area contributed by atoms with Gasteiger partial charge in [-0.3, -0.25) is 0 Å². The standard InChI is InChI=1S/C16H23NOS/c1-10-6-11(2)8-14(7-10)18-15-9-13(16(17)19)5-4-12(15)3/h4-5,9-11,14H,6-8H2,1-3H3,(H2,17,19). The van der Waals surface area contributed by atoms with E-state index in [1.165, 1.54) is 6.42 Å². The molecule has 0 spiro atoms. The van der Waals surface area contributed by atoms with Crippen LogP contribution in [0.4, 0.5) is 0 Å². The van der Waals surface area contributed by atoms with E-state index < -0.39 is 0 Å². The van der Waals surface area contributed by atoms with Crippen LogP contribution in [0.25, 0.3) is 0 Å². The molecule has 19 heavy (non-hydrogen) atoms. The van der Waals surface area contributed by atoms with E-state index in [4.69, 9.17) is 22.7 Å². The van der Waals surface area contributed by atoms with Crippen LogP contribution in [0.3, 0.4) is 0 Å². The Bertz CT molecular complexity index is 462. The maximum absolute atomic E-state index is 6.20. The van der Waals surface area contributed by atoms with Gasteiger partial charge < -0.3 is 10.5 Å². The van der Waals surface area contributed by atoms with Crippen molar-refractivity contribution in [3.63, 3.8) is 0 Å². The lowest BCUT2D eigenvalue weighted by molar-refractivity contribution is 0.100. The van der Waals surface area contributed by atoms with E-state index >= 15 is 0 Å². The van der Waals surface area contributed by atoms with Crippen molar-refractivity contribution in [3.05, 3.63) is 29.3 Å². The van der Waals surface area contributed by atoms with Gasteiger partial charge in [0.05, 0.1) is 6.10 Å². The number of thiocarbonyl (C=S) groups is 1. The van der Waals surface area contributed by atoms with E-state index in [1.807, 2.05) is 18.2 Å². The Morgan fingerprint density at radius 2 is 1.84 bits per heavy atom. The topological polar surface area (TPSA) is 35.2 Å². The maximum atomic E-state index is 6.20. The molecule has 0 heterocycles. The highest BCUT2D eigenvalue weighted by atomic mass is 32.1. The average Bonchev–Trinajstić information content (AvgIpc) is 2.30. The Kier molecular flexibility index (Phi) is 4.46. The van der Waals surface area contributed by atoms with E-state index in [0.717, 1.165) is 41.6 Å². The first-order valence-electron chi connectivity index (χ1n) is 7.02. The van der Waals surface area contributed by atoms with Crippen molar-refractivity contribution in [2.45, 2.75) is 46.1 Å². The molecule has 1 aliphatic rings. The molecule has 104 valence electrons. The van der Waals surface area contributed by atoms with Crippen LogP contribution in [-0.2, 0) is 0 Å². The first-order chi connectivity index (χ1) is 8.95. The van der Waals surface area contributed by atoms with Gasteiger partial charge >= 0.3 is 0 Å². The smallest absolute Gasteiger partial charge is 0.123 e. The molecule has 0 aliphatic heterocycles. The number of hydrogen-bond donors (Lipinski definition) is 1. The molecular weight excluding hydrogens is 254 g/mol. The van der Waals surface area contributed by atoms with Crippen LogP contribution in [-0.4, -0.2) is 11.1 Å². The number of aryl methyl sites for hydroxylation is 1. The molecule has 1 saturated carbocycles. The van der Waals surface area contributed by atoms with Gasteiger partial charge in [0, 0.05) is 5.56 Å². The van der Waals surface area contributed by atoms with Crippen molar-refractivity contribution in [1.29, 1.82) is 0 Å². The zero-order valence-corrected chi connectivity index (χ0v) is 12.8. The van der Waals surface area contributed by atoms with Gasteiger partial charge in [0.1, 0.15) is 10.7 Å². The van der Waals surface area contributed by atoms with Gasteiger partial charge in [0.2, 0.25) is 0 Å². The zero-order chi connectivity index (χ0) is 14.0. The van der Waals surface area contributed by atoms with Gasteiger partial charge in [-0.15, -0.1) is 0 Å². The van der Waals surface area contributed by atoms with Crippen LogP contribution in [0, 0.1) is 18.8 Å². The minimum absolute atomic E-state index is 0.319. The highest BCUT2D eigenvalue weighted by molar-refractivity contribution is 7.80. The van der Waals surface area contributed by atoms with Crippen molar-refractivity contribution in [1.82, 2.24) is 0 Å². The number of hydrogen-bond acceptors (Lipinski definition) is 2. The van der Waals surface area contributed by atoms with Crippen LogP contribution in [0.5, 0.6) is 5.75 Å². The van der Waals surface area contributed by atoms with Gasteiger partial charge in [-0.25, -0.2) is 0 Å². The fourth-order valence-electron chi connectivity index (χ4n) is 3.03. The van der Waals surface area contributed by atoms with Crippen LogP contribution in [0.2, 0.25) is 0 Å².